The summed E-state index contributed by atoms with van der Waals surface area (Å²) < 4.78 is 16.8. The predicted molar refractivity (Wildman–Crippen MR) is 99.3 cm³/mol. The highest BCUT2D eigenvalue weighted by Gasteiger charge is 2.16. The van der Waals surface area contributed by atoms with Gasteiger partial charge in [-0.25, -0.2) is 0 Å². The Balaban J connectivity index is 1.23. The molecule has 1 aromatic carbocycles. The Labute approximate surface area is 154 Å². The van der Waals surface area contributed by atoms with Crippen LogP contribution in [0.2, 0.25) is 0 Å². The average molecular weight is 357 g/mol. The summed E-state index contributed by atoms with van der Waals surface area (Å²) in [5.41, 5.74) is 3.23. The summed E-state index contributed by atoms with van der Waals surface area (Å²) in [6, 6.07) is 5.97. The van der Waals surface area contributed by atoms with Crippen LogP contribution in [-0.2, 0) is 11.3 Å². The van der Waals surface area contributed by atoms with E-state index in [-0.39, 0.29) is 0 Å². The minimum atomic E-state index is 0.291. The van der Waals surface area contributed by atoms with Crippen molar-refractivity contribution in [1.29, 1.82) is 0 Å². The van der Waals surface area contributed by atoms with E-state index in [9.17, 15) is 0 Å². The predicted octanol–water partition coefficient (Wildman–Crippen LogP) is 3.63. The molecule has 0 spiro atoms. The van der Waals surface area contributed by atoms with Crippen LogP contribution in [-0.4, -0.2) is 36.2 Å². The van der Waals surface area contributed by atoms with Crippen LogP contribution >= 0.6 is 0 Å². The van der Waals surface area contributed by atoms with Gasteiger partial charge in [0.15, 0.2) is 11.5 Å². The first-order valence-electron chi connectivity index (χ1n) is 9.65. The SMILES string of the molecule is c1cc2c(cc1-c1[nH]ncc1CNCCCOC1CCCCC1)OCO2. The number of H-pyrrole nitrogens is 1. The highest BCUT2D eigenvalue weighted by Crippen LogP contribution is 2.36. The van der Waals surface area contributed by atoms with Gasteiger partial charge in [-0.1, -0.05) is 19.3 Å². The molecule has 6 nitrogen and oxygen atoms in total. The van der Waals surface area contributed by atoms with E-state index >= 15 is 0 Å². The number of aromatic nitrogens is 2. The van der Waals surface area contributed by atoms with E-state index in [4.69, 9.17) is 14.2 Å². The summed E-state index contributed by atoms with van der Waals surface area (Å²) >= 11 is 0. The Morgan fingerprint density at radius 2 is 2.04 bits per heavy atom. The lowest BCUT2D eigenvalue weighted by Crippen LogP contribution is -2.20. The van der Waals surface area contributed by atoms with Gasteiger partial charge >= 0.3 is 0 Å². The summed E-state index contributed by atoms with van der Waals surface area (Å²) in [6.45, 7) is 2.86. The zero-order valence-electron chi connectivity index (χ0n) is 15.1. The molecule has 140 valence electrons. The quantitative estimate of drug-likeness (QED) is 0.706. The Morgan fingerprint density at radius 3 is 2.96 bits per heavy atom. The van der Waals surface area contributed by atoms with Gasteiger partial charge in [0.2, 0.25) is 6.79 Å². The molecule has 1 aliphatic carbocycles. The lowest BCUT2D eigenvalue weighted by atomic mass is 9.98. The summed E-state index contributed by atoms with van der Waals surface area (Å²) in [5.74, 6) is 1.58. The van der Waals surface area contributed by atoms with Crippen LogP contribution in [0.5, 0.6) is 11.5 Å². The molecule has 2 aromatic rings. The van der Waals surface area contributed by atoms with Crippen LogP contribution in [0, 0.1) is 0 Å². The Bertz CT molecular complexity index is 710. The molecule has 2 heterocycles. The monoisotopic (exact) mass is 357 g/mol. The molecule has 1 saturated carbocycles. The smallest absolute Gasteiger partial charge is 0.231 e. The third kappa shape index (κ3) is 4.19. The van der Waals surface area contributed by atoms with Crippen LogP contribution < -0.4 is 14.8 Å². The molecule has 4 rings (SSSR count). The van der Waals surface area contributed by atoms with Crippen molar-refractivity contribution < 1.29 is 14.2 Å². The zero-order valence-corrected chi connectivity index (χ0v) is 15.1. The zero-order chi connectivity index (χ0) is 17.6. The average Bonchev–Trinajstić information content (AvgIpc) is 3.33. The van der Waals surface area contributed by atoms with Crippen molar-refractivity contribution in [2.24, 2.45) is 0 Å². The maximum atomic E-state index is 5.97. The van der Waals surface area contributed by atoms with E-state index in [0.717, 1.165) is 54.4 Å². The number of fused-ring (bicyclic) bond motifs is 1. The number of nitrogens with zero attached hydrogens (tertiary/aromatic N) is 1. The van der Waals surface area contributed by atoms with Crippen LogP contribution in [0.15, 0.2) is 24.4 Å². The number of ether oxygens (including phenoxy) is 3. The van der Waals surface area contributed by atoms with E-state index in [1.807, 2.05) is 24.4 Å². The minimum absolute atomic E-state index is 0.291. The van der Waals surface area contributed by atoms with Gasteiger partial charge in [0, 0.05) is 24.3 Å². The van der Waals surface area contributed by atoms with Crippen molar-refractivity contribution in [3.63, 3.8) is 0 Å². The molecule has 1 fully saturated rings. The normalized spacial score (nSPS) is 16.9. The standard InChI is InChI=1S/C20H27N3O3/c1-2-5-17(6-3-1)24-10-4-9-21-12-16-13-22-23-20(16)15-7-8-18-19(11-15)26-14-25-18/h7-8,11,13,17,21H,1-6,9-10,12,14H2,(H,22,23). The van der Waals surface area contributed by atoms with Crippen LogP contribution in [0.3, 0.4) is 0 Å². The highest BCUT2D eigenvalue weighted by molar-refractivity contribution is 5.66. The lowest BCUT2D eigenvalue weighted by molar-refractivity contribution is 0.0273. The van der Waals surface area contributed by atoms with Gasteiger partial charge in [-0.2, -0.15) is 5.10 Å². The van der Waals surface area contributed by atoms with E-state index < -0.39 is 0 Å². The van der Waals surface area contributed by atoms with Crippen molar-refractivity contribution >= 4 is 0 Å². The molecule has 0 saturated heterocycles. The lowest BCUT2D eigenvalue weighted by Gasteiger charge is -2.21. The second-order valence-corrected chi connectivity index (χ2v) is 7.00. The van der Waals surface area contributed by atoms with Gasteiger partial charge in [0.25, 0.3) is 0 Å². The molecule has 0 amide bonds. The molecule has 1 aromatic heterocycles. The maximum absolute atomic E-state index is 5.97. The van der Waals surface area contributed by atoms with Crippen molar-refractivity contribution in [2.45, 2.75) is 51.2 Å². The first kappa shape index (κ1) is 17.4. The first-order valence-corrected chi connectivity index (χ1v) is 9.65. The molecule has 1 aliphatic heterocycles. The third-order valence-electron chi connectivity index (χ3n) is 5.10. The van der Waals surface area contributed by atoms with Gasteiger partial charge in [0.1, 0.15) is 0 Å². The summed E-state index contributed by atoms with van der Waals surface area (Å²) in [4.78, 5) is 0. The Hall–Kier alpha value is -2.05. The van der Waals surface area contributed by atoms with Crippen molar-refractivity contribution in [3.05, 3.63) is 30.0 Å². The number of hydrogen-bond donors (Lipinski definition) is 2. The van der Waals surface area contributed by atoms with Gasteiger partial charge < -0.3 is 19.5 Å². The Morgan fingerprint density at radius 1 is 1.15 bits per heavy atom. The second-order valence-electron chi connectivity index (χ2n) is 7.00. The number of aromatic amines is 1. The molecule has 0 unspecified atom stereocenters. The van der Waals surface area contributed by atoms with Crippen LogP contribution in [0.1, 0.15) is 44.1 Å². The molecule has 26 heavy (non-hydrogen) atoms. The molecule has 6 heteroatoms. The maximum Gasteiger partial charge on any atom is 0.231 e. The fourth-order valence-electron chi connectivity index (χ4n) is 3.65. The molecule has 2 aliphatic rings. The summed E-state index contributed by atoms with van der Waals surface area (Å²) in [6.07, 6.45) is 9.91. The fourth-order valence-corrected chi connectivity index (χ4v) is 3.65. The van der Waals surface area contributed by atoms with Crippen molar-refractivity contribution in [3.8, 4) is 22.8 Å². The van der Waals surface area contributed by atoms with Crippen molar-refractivity contribution in [1.82, 2.24) is 15.5 Å². The van der Waals surface area contributed by atoms with E-state index in [2.05, 4.69) is 15.5 Å². The largest absolute Gasteiger partial charge is 0.454 e. The minimum Gasteiger partial charge on any atom is -0.454 e. The van der Waals surface area contributed by atoms with Gasteiger partial charge in [-0.3, -0.25) is 5.10 Å². The summed E-state index contributed by atoms with van der Waals surface area (Å²) in [5, 5.41) is 10.8. The molecule has 0 atom stereocenters. The highest BCUT2D eigenvalue weighted by atomic mass is 16.7. The number of nitrogens with one attached hydrogen (secondary N) is 2. The molecule has 0 bridgehead atoms. The fraction of sp³-hybridized carbons (Fsp3) is 0.550. The van der Waals surface area contributed by atoms with Crippen LogP contribution in [0.4, 0.5) is 0 Å². The topological polar surface area (TPSA) is 68.4 Å². The molecule has 0 radical (unpaired) electrons. The van der Waals surface area contributed by atoms with Crippen LogP contribution in [0.25, 0.3) is 11.3 Å². The Kier molecular flexibility index (Phi) is 5.72. The molecular formula is C20H27N3O3. The number of benzene rings is 1. The van der Waals surface area contributed by atoms with E-state index in [0.29, 0.717) is 12.9 Å². The molecule has 2 N–H and O–H groups in total. The van der Waals surface area contributed by atoms with E-state index in [1.54, 1.807) is 0 Å². The van der Waals surface area contributed by atoms with Gasteiger partial charge in [0.05, 0.1) is 18.0 Å². The third-order valence-corrected chi connectivity index (χ3v) is 5.10. The van der Waals surface area contributed by atoms with Gasteiger partial charge in [-0.15, -0.1) is 0 Å². The van der Waals surface area contributed by atoms with Crippen molar-refractivity contribution in [2.75, 3.05) is 19.9 Å². The first-order chi connectivity index (χ1) is 12.9. The molecular weight excluding hydrogens is 330 g/mol. The number of rotatable bonds is 8. The number of hydrogen-bond acceptors (Lipinski definition) is 5. The van der Waals surface area contributed by atoms with Gasteiger partial charge in [-0.05, 0) is 44.0 Å². The second kappa shape index (κ2) is 8.56. The van der Waals surface area contributed by atoms with E-state index in [1.165, 1.54) is 32.1 Å². The summed E-state index contributed by atoms with van der Waals surface area (Å²) in [7, 11) is 0.